The minimum Gasteiger partial charge on any atom is -0.507 e. The number of carbonyl (C=O) groups is 6. The van der Waals surface area contributed by atoms with Gasteiger partial charge in [0, 0.05) is 38.8 Å². The molecule has 4 aliphatic heterocycles. The maximum absolute atomic E-state index is 13.8. The van der Waals surface area contributed by atoms with Gasteiger partial charge in [0.05, 0.1) is 0 Å². The van der Waals surface area contributed by atoms with Gasteiger partial charge in [-0.2, -0.15) is 0 Å². The standard InChI is InChI=1S/C64H80N4O12/c1-61(2,3)43-23-35-19-39-27-45(63(7,8)9)29-41(55(39)79-33-51(69)77-31-47-59(75)67-17-13-15-49(67)57(73)65-47)21-37-25-44(62(4,5)6)26-38(54(37)72)22-42-30-46(64(10,11)12)28-40(20-36(24-43)53(35)71)56(42)80-34-52(70)78-32-48-60(76)68-18-14-16-50(68)58(74)66-48/h23-30,47-50,71-72H,13-22,31-34H2,1-12H3,(H,65,73)(H,66,74)/t47-,48-,49-,50-/m0/s1. The Kier molecular flexibility index (Phi) is 15.7. The van der Waals surface area contributed by atoms with Gasteiger partial charge in [0.2, 0.25) is 23.6 Å². The SMILES string of the molecule is CC(C)(C)c1cc2c(O)c(c1)Cc1cc(C(C)(C)C)cc(c1OCC(=O)OC[C@@H]1NC(=O)[C@@H]3CCCN3C1=O)Cc1cc(C(C)(C)C)cc(c1O)Cc1cc(C(C)(C)C)cc(c1OCC(=O)OC[C@@H]1NC(=O)[C@@H]3CCCN3C1=O)C2. The molecule has 0 aromatic heterocycles. The topological polar surface area (TPSA) is 210 Å². The summed E-state index contributed by atoms with van der Waals surface area (Å²) in [6.45, 7) is 24.4. The van der Waals surface area contributed by atoms with Crippen LogP contribution < -0.4 is 20.1 Å². The van der Waals surface area contributed by atoms with Crippen LogP contribution in [0, 0.1) is 0 Å². The third-order valence-electron chi connectivity index (χ3n) is 16.4. The number of aromatic hydroxyl groups is 2. The molecule has 5 aliphatic rings. The first-order valence-electron chi connectivity index (χ1n) is 28.3. The van der Waals surface area contributed by atoms with Gasteiger partial charge >= 0.3 is 11.9 Å². The van der Waals surface area contributed by atoms with Crippen LogP contribution in [0.15, 0.2) is 48.5 Å². The molecule has 4 heterocycles. The van der Waals surface area contributed by atoms with Crippen molar-refractivity contribution in [2.75, 3.05) is 39.5 Å². The lowest BCUT2D eigenvalue weighted by molar-refractivity contribution is -0.155. The van der Waals surface area contributed by atoms with Crippen molar-refractivity contribution < 1.29 is 57.9 Å². The second-order valence-corrected chi connectivity index (χ2v) is 26.7. The van der Waals surface area contributed by atoms with E-state index in [0.717, 1.165) is 35.1 Å². The van der Waals surface area contributed by atoms with Gasteiger partial charge in [0.15, 0.2) is 13.2 Å². The lowest BCUT2D eigenvalue weighted by Gasteiger charge is -2.34. The summed E-state index contributed by atoms with van der Waals surface area (Å²) in [4.78, 5) is 83.0. The number of fused-ring (bicyclic) bond motifs is 10. The average Bonchev–Trinajstić information content (AvgIpc) is 4.10. The van der Waals surface area contributed by atoms with Crippen molar-refractivity contribution in [1.29, 1.82) is 0 Å². The Morgan fingerprint density at radius 2 is 0.750 bits per heavy atom. The Morgan fingerprint density at radius 1 is 0.475 bits per heavy atom. The van der Waals surface area contributed by atoms with Crippen LogP contribution in [-0.2, 0) is 85.6 Å². The molecular weight excluding hydrogens is 1020 g/mol. The fourth-order valence-electron chi connectivity index (χ4n) is 11.6. The van der Waals surface area contributed by atoms with Gasteiger partial charge in [-0.3, -0.25) is 19.2 Å². The van der Waals surface area contributed by atoms with Gasteiger partial charge in [-0.1, -0.05) is 132 Å². The largest absolute Gasteiger partial charge is 0.507 e. The molecule has 16 heteroatoms. The molecule has 0 radical (unpaired) electrons. The van der Waals surface area contributed by atoms with Crippen LogP contribution in [0.4, 0.5) is 0 Å². The molecule has 4 amide bonds. The van der Waals surface area contributed by atoms with E-state index >= 15 is 0 Å². The highest BCUT2D eigenvalue weighted by Crippen LogP contribution is 2.44. The molecule has 8 bridgehead atoms. The Balaban J connectivity index is 1.14. The van der Waals surface area contributed by atoms with E-state index in [2.05, 4.69) is 93.7 Å². The summed E-state index contributed by atoms with van der Waals surface area (Å²) in [7, 11) is 0. The van der Waals surface area contributed by atoms with Crippen molar-refractivity contribution in [1.82, 2.24) is 20.4 Å². The third kappa shape index (κ3) is 12.1. The molecule has 4 atom stereocenters. The minimum atomic E-state index is -1.01. The summed E-state index contributed by atoms with van der Waals surface area (Å²) in [5, 5.41) is 30.9. The van der Waals surface area contributed by atoms with Crippen LogP contribution >= 0.6 is 0 Å². The number of ether oxygens (including phenoxy) is 4. The Hall–Kier alpha value is -7.10. The summed E-state index contributed by atoms with van der Waals surface area (Å²) in [6.07, 6.45) is 3.27. The quantitative estimate of drug-likeness (QED) is 0.0989. The molecule has 1 aliphatic carbocycles. The average molecular weight is 1100 g/mol. The second-order valence-electron chi connectivity index (χ2n) is 26.7. The predicted molar refractivity (Wildman–Crippen MR) is 301 cm³/mol. The number of nitrogens with zero attached hydrogens (tertiary/aromatic N) is 2. The van der Waals surface area contributed by atoms with Crippen LogP contribution in [0.25, 0.3) is 0 Å². The van der Waals surface area contributed by atoms with Gasteiger partial charge in [-0.25, -0.2) is 9.59 Å². The summed E-state index contributed by atoms with van der Waals surface area (Å²) in [5.74, 6) is -1.74. The zero-order valence-corrected chi connectivity index (χ0v) is 48.7. The first-order chi connectivity index (χ1) is 37.4. The fraction of sp³-hybridized carbons (Fsp3) is 0.531. The number of benzene rings is 4. The number of phenols is 2. The highest BCUT2D eigenvalue weighted by molar-refractivity contribution is 5.98. The molecule has 80 heavy (non-hydrogen) atoms. The molecule has 4 N–H and O–H groups in total. The van der Waals surface area contributed by atoms with Crippen LogP contribution in [0.1, 0.15) is 176 Å². The van der Waals surface area contributed by atoms with E-state index in [1.165, 1.54) is 0 Å². The van der Waals surface area contributed by atoms with E-state index in [-0.39, 0.29) is 84.9 Å². The highest BCUT2D eigenvalue weighted by atomic mass is 16.6. The van der Waals surface area contributed by atoms with E-state index in [1.54, 1.807) is 9.80 Å². The monoisotopic (exact) mass is 1100 g/mol. The van der Waals surface area contributed by atoms with Gasteiger partial charge in [-0.15, -0.1) is 0 Å². The molecule has 428 valence electrons. The number of phenolic OH excluding ortho intramolecular Hbond substituents is 2. The maximum Gasteiger partial charge on any atom is 0.344 e. The lowest BCUT2D eigenvalue weighted by atomic mass is 9.79. The van der Waals surface area contributed by atoms with Crippen LogP contribution in [-0.4, -0.2) is 119 Å². The molecule has 0 unspecified atom stereocenters. The van der Waals surface area contributed by atoms with E-state index in [0.29, 0.717) is 81.9 Å². The Labute approximate surface area is 470 Å². The fourth-order valence-corrected chi connectivity index (χ4v) is 11.6. The van der Waals surface area contributed by atoms with Crippen molar-refractivity contribution in [3.05, 3.63) is 115 Å². The molecule has 4 aromatic rings. The number of nitrogens with one attached hydrogen (secondary N) is 2. The molecule has 0 saturated carbocycles. The lowest BCUT2D eigenvalue weighted by Crippen LogP contribution is -2.62. The molecular formula is C64H80N4O12. The number of hydrogen-bond donors (Lipinski definition) is 4. The number of amides is 4. The normalized spacial score (nSPS) is 20.4. The van der Waals surface area contributed by atoms with Crippen molar-refractivity contribution in [3.8, 4) is 23.0 Å². The van der Waals surface area contributed by atoms with Gasteiger partial charge in [0.1, 0.15) is 60.4 Å². The summed E-state index contributed by atoms with van der Waals surface area (Å²) >= 11 is 0. The van der Waals surface area contributed by atoms with E-state index in [4.69, 9.17) is 18.9 Å². The summed E-state index contributed by atoms with van der Waals surface area (Å²) < 4.78 is 24.6. The number of esters is 2. The molecule has 9 rings (SSSR count). The van der Waals surface area contributed by atoms with Crippen LogP contribution in [0.3, 0.4) is 0 Å². The van der Waals surface area contributed by atoms with Crippen LogP contribution in [0.2, 0.25) is 0 Å². The third-order valence-corrected chi connectivity index (χ3v) is 16.4. The number of hydrogen-bond acceptors (Lipinski definition) is 12. The first-order valence-corrected chi connectivity index (χ1v) is 28.3. The van der Waals surface area contributed by atoms with E-state index in [1.807, 2.05) is 48.5 Å². The molecule has 4 aromatic carbocycles. The molecule has 4 saturated heterocycles. The van der Waals surface area contributed by atoms with Gasteiger partial charge in [0.25, 0.3) is 0 Å². The molecule has 4 fully saturated rings. The maximum atomic E-state index is 13.8. The Morgan fingerprint density at radius 3 is 1.02 bits per heavy atom. The predicted octanol–water partition coefficient (Wildman–Crippen LogP) is 7.79. The molecule has 0 spiro atoms. The number of piperazine rings is 2. The van der Waals surface area contributed by atoms with E-state index < -0.39 is 60.1 Å². The van der Waals surface area contributed by atoms with Crippen molar-refractivity contribution >= 4 is 35.6 Å². The van der Waals surface area contributed by atoms with Gasteiger partial charge < -0.3 is 49.6 Å². The van der Waals surface area contributed by atoms with Crippen molar-refractivity contribution in [3.63, 3.8) is 0 Å². The van der Waals surface area contributed by atoms with E-state index in [9.17, 15) is 39.0 Å². The molecule has 16 nitrogen and oxygen atoms in total. The first kappa shape index (κ1) is 57.6. The number of rotatable bonds is 10. The van der Waals surface area contributed by atoms with Crippen molar-refractivity contribution in [2.24, 2.45) is 0 Å². The van der Waals surface area contributed by atoms with Crippen molar-refractivity contribution in [2.45, 2.75) is 180 Å². The number of carbonyl (C=O) groups excluding carboxylic acids is 6. The van der Waals surface area contributed by atoms with Crippen LogP contribution in [0.5, 0.6) is 23.0 Å². The Bertz CT molecular complexity index is 2850. The summed E-state index contributed by atoms with van der Waals surface area (Å²) in [5.41, 5.74) is 7.35. The zero-order valence-electron chi connectivity index (χ0n) is 48.7. The second kappa shape index (κ2) is 21.8. The smallest absolute Gasteiger partial charge is 0.344 e. The highest BCUT2D eigenvalue weighted by Gasteiger charge is 2.45. The zero-order chi connectivity index (χ0) is 58.0. The summed E-state index contributed by atoms with van der Waals surface area (Å²) in [6, 6.07) is 13.1. The van der Waals surface area contributed by atoms with Gasteiger partial charge in [-0.05, 0) is 114 Å². The minimum absolute atomic E-state index is 0.0443.